The Kier molecular flexibility index (Phi) is 6.01. The molecule has 2 atom stereocenters. The molecule has 176 valence electrons. The van der Waals surface area contributed by atoms with Crippen LogP contribution in [0.1, 0.15) is 49.5 Å². The van der Waals surface area contributed by atoms with Gasteiger partial charge in [-0.05, 0) is 19.3 Å². The number of aromatic nitrogens is 4. The van der Waals surface area contributed by atoms with Gasteiger partial charge in [0.2, 0.25) is 5.95 Å². The van der Waals surface area contributed by atoms with E-state index in [1.807, 2.05) is 11.9 Å². The molecule has 2 aliphatic heterocycles. The smallest absolute Gasteiger partial charge is 0.274 e. The first kappa shape index (κ1) is 21.8. The van der Waals surface area contributed by atoms with Crippen LogP contribution in [-0.2, 0) is 9.53 Å². The molecule has 4 heterocycles. The lowest BCUT2D eigenvalue weighted by Gasteiger charge is -2.48. The Balaban J connectivity index is 1.49. The zero-order valence-electron chi connectivity index (χ0n) is 19.3. The molecule has 2 fully saturated rings. The van der Waals surface area contributed by atoms with Crippen molar-refractivity contribution in [3.63, 3.8) is 0 Å². The molecule has 0 N–H and O–H groups in total. The van der Waals surface area contributed by atoms with Crippen molar-refractivity contribution < 1.29 is 14.3 Å². The van der Waals surface area contributed by atoms with Gasteiger partial charge in [0, 0.05) is 32.4 Å². The molecule has 1 saturated heterocycles. The van der Waals surface area contributed by atoms with Gasteiger partial charge in [0.15, 0.2) is 5.82 Å². The highest BCUT2D eigenvalue weighted by molar-refractivity contribution is 5.92. The fourth-order valence-electron chi connectivity index (χ4n) is 5.38. The molecule has 0 spiro atoms. The quantitative estimate of drug-likeness (QED) is 0.631. The molecule has 0 radical (unpaired) electrons. The van der Waals surface area contributed by atoms with Crippen LogP contribution in [0.15, 0.2) is 18.7 Å². The van der Waals surface area contributed by atoms with Gasteiger partial charge in [0.05, 0.1) is 31.1 Å². The monoisotopic (exact) mass is 453 g/mol. The second-order valence-corrected chi connectivity index (χ2v) is 9.01. The van der Waals surface area contributed by atoms with Crippen LogP contribution in [0.25, 0.3) is 5.95 Å². The van der Waals surface area contributed by atoms with Gasteiger partial charge in [0.1, 0.15) is 24.3 Å². The number of imidazole rings is 1. The Morgan fingerprint density at radius 2 is 1.97 bits per heavy atom. The number of aldehydes is 1. The lowest BCUT2D eigenvalue weighted by Crippen LogP contribution is -2.58. The van der Waals surface area contributed by atoms with Crippen LogP contribution in [0.3, 0.4) is 0 Å². The second kappa shape index (κ2) is 9.09. The van der Waals surface area contributed by atoms with Gasteiger partial charge in [-0.15, -0.1) is 0 Å². The maximum absolute atomic E-state index is 12.8. The molecule has 33 heavy (non-hydrogen) atoms. The first-order valence-electron chi connectivity index (χ1n) is 11.9. The van der Waals surface area contributed by atoms with Crippen molar-refractivity contribution >= 4 is 23.7 Å². The topological polar surface area (TPSA) is 96.7 Å². The van der Waals surface area contributed by atoms with E-state index < -0.39 is 0 Å². The summed E-state index contributed by atoms with van der Waals surface area (Å²) in [5.41, 5.74) is 1.23. The van der Waals surface area contributed by atoms with Crippen molar-refractivity contribution in [2.75, 3.05) is 43.2 Å². The van der Waals surface area contributed by atoms with E-state index in [0.29, 0.717) is 44.0 Å². The largest absolute Gasteiger partial charge is 0.378 e. The summed E-state index contributed by atoms with van der Waals surface area (Å²) in [6.45, 7) is 4.36. The highest BCUT2D eigenvalue weighted by Gasteiger charge is 2.41. The van der Waals surface area contributed by atoms with Crippen molar-refractivity contribution in [1.82, 2.24) is 24.4 Å². The van der Waals surface area contributed by atoms with Crippen LogP contribution in [0.2, 0.25) is 0 Å². The minimum Gasteiger partial charge on any atom is -0.378 e. The summed E-state index contributed by atoms with van der Waals surface area (Å²) in [6.07, 6.45) is 11.6. The van der Waals surface area contributed by atoms with Gasteiger partial charge < -0.3 is 24.2 Å². The normalized spacial score (nSPS) is 23.6. The third-order valence-electron chi connectivity index (χ3n) is 7.17. The number of rotatable bonds is 5. The van der Waals surface area contributed by atoms with E-state index in [0.717, 1.165) is 37.1 Å². The number of likely N-dealkylation sites (N-methyl/N-ethyl adjacent to an activating group) is 1. The number of carbonyl (C=O) groups is 2. The van der Waals surface area contributed by atoms with E-state index in [1.165, 1.54) is 12.8 Å². The van der Waals surface area contributed by atoms with Gasteiger partial charge in [-0.3, -0.25) is 9.36 Å². The van der Waals surface area contributed by atoms with Crippen LogP contribution in [0.4, 0.5) is 11.5 Å². The SMILES string of the molecule is CCC1C(C=O)N(C)c2cnc(-n3cnc(C(=O)N4CCOCC4)c3)nc2N1C1CCCC1. The number of amides is 1. The van der Waals surface area contributed by atoms with Gasteiger partial charge in [-0.1, -0.05) is 19.8 Å². The number of hydrogen-bond donors (Lipinski definition) is 0. The summed E-state index contributed by atoms with van der Waals surface area (Å²) in [4.78, 5) is 44.8. The van der Waals surface area contributed by atoms with Crippen LogP contribution < -0.4 is 9.80 Å². The predicted molar refractivity (Wildman–Crippen MR) is 123 cm³/mol. The lowest BCUT2D eigenvalue weighted by molar-refractivity contribution is -0.109. The van der Waals surface area contributed by atoms with Crippen LogP contribution in [0.5, 0.6) is 0 Å². The summed E-state index contributed by atoms with van der Waals surface area (Å²) in [5.74, 6) is 1.22. The summed E-state index contributed by atoms with van der Waals surface area (Å²) >= 11 is 0. The Labute approximate surface area is 193 Å². The van der Waals surface area contributed by atoms with Crippen LogP contribution in [0, 0.1) is 0 Å². The average molecular weight is 454 g/mol. The predicted octanol–water partition coefficient (Wildman–Crippen LogP) is 1.68. The van der Waals surface area contributed by atoms with Crippen molar-refractivity contribution in [2.24, 2.45) is 0 Å². The van der Waals surface area contributed by atoms with Crippen LogP contribution in [-0.4, -0.2) is 88.1 Å². The Hall–Kier alpha value is -3.01. The van der Waals surface area contributed by atoms with Gasteiger partial charge >= 0.3 is 0 Å². The van der Waals surface area contributed by atoms with Crippen molar-refractivity contribution in [3.8, 4) is 5.95 Å². The fraction of sp³-hybridized carbons (Fsp3) is 0.609. The molecule has 10 heteroatoms. The highest BCUT2D eigenvalue weighted by Crippen LogP contribution is 2.41. The maximum Gasteiger partial charge on any atom is 0.274 e. The number of nitrogens with zero attached hydrogens (tertiary/aromatic N) is 7. The maximum atomic E-state index is 12.8. The van der Waals surface area contributed by atoms with Gasteiger partial charge in [-0.25, -0.2) is 9.97 Å². The van der Waals surface area contributed by atoms with Crippen molar-refractivity contribution in [1.29, 1.82) is 0 Å². The first-order valence-corrected chi connectivity index (χ1v) is 11.9. The van der Waals surface area contributed by atoms with Gasteiger partial charge in [0.25, 0.3) is 5.91 Å². The molecular formula is C23H31N7O3. The molecule has 2 aromatic rings. The lowest BCUT2D eigenvalue weighted by atomic mass is 9.97. The first-order chi connectivity index (χ1) is 16.1. The number of ether oxygens (including phenoxy) is 1. The average Bonchev–Trinajstić information content (AvgIpc) is 3.56. The minimum atomic E-state index is -0.233. The number of morpholine rings is 1. The summed E-state index contributed by atoms with van der Waals surface area (Å²) in [5, 5.41) is 0. The molecule has 1 aliphatic carbocycles. The molecule has 1 saturated carbocycles. The summed E-state index contributed by atoms with van der Waals surface area (Å²) < 4.78 is 7.04. The molecule has 2 unspecified atom stereocenters. The van der Waals surface area contributed by atoms with E-state index >= 15 is 0 Å². The number of fused-ring (bicyclic) bond motifs is 1. The van der Waals surface area contributed by atoms with E-state index in [9.17, 15) is 9.59 Å². The van der Waals surface area contributed by atoms with E-state index in [2.05, 4.69) is 21.8 Å². The van der Waals surface area contributed by atoms with Crippen molar-refractivity contribution in [2.45, 2.75) is 57.2 Å². The highest BCUT2D eigenvalue weighted by atomic mass is 16.5. The molecular weight excluding hydrogens is 422 g/mol. The minimum absolute atomic E-state index is 0.0621. The molecule has 0 bridgehead atoms. The summed E-state index contributed by atoms with van der Waals surface area (Å²) in [6, 6.07) is 0.199. The van der Waals surface area contributed by atoms with E-state index in [-0.39, 0.29) is 18.0 Å². The third-order valence-corrected chi connectivity index (χ3v) is 7.17. The Morgan fingerprint density at radius 3 is 2.67 bits per heavy atom. The molecule has 10 nitrogen and oxygen atoms in total. The van der Waals surface area contributed by atoms with E-state index in [4.69, 9.17) is 9.72 Å². The standard InChI is InChI=1S/C23H31N7O3/c1-3-18-20(14-31)27(2)19-12-24-23(26-21(19)30(18)16-6-4-5-7-16)29-13-17(25-15-29)22(32)28-8-10-33-11-9-28/h12-16,18,20H,3-11H2,1-2H3. The number of carbonyl (C=O) groups excluding carboxylic acids is 2. The number of hydrogen-bond acceptors (Lipinski definition) is 8. The second-order valence-electron chi connectivity index (χ2n) is 9.01. The fourth-order valence-corrected chi connectivity index (χ4v) is 5.38. The summed E-state index contributed by atoms with van der Waals surface area (Å²) in [7, 11) is 1.94. The molecule has 2 aromatic heterocycles. The zero-order chi connectivity index (χ0) is 22.9. The molecule has 5 rings (SSSR count). The Bertz CT molecular complexity index is 1010. The third kappa shape index (κ3) is 3.86. The molecule has 3 aliphatic rings. The van der Waals surface area contributed by atoms with Crippen LogP contribution >= 0.6 is 0 Å². The van der Waals surface area contributed by atoms with Crippen molar-refractivity contribution in [3.05, 3.63) is 24.4 Å². The number of anilines is 2. The van der Waals surface area contributed by atoms with Gasteiger partial charge in [-0.2, -0.15) is 4.98 Å². The Morgan fingerprint density at radius 1 is 1.21 bits per heavy atom. The van der Waals surface area contributed by atoms with E-state index in [1.54, 1.807) is 28.2 Å². The zero-order valence-corrected chi connectivity index (χ0v) is 19.3. The molecule has 0 aromatic carbocycles. The molecule has 1 amide bonds.